The standard InChI is InChI=1S/C14H19N3O4/c1-19-12-13(16-5-4-15-12)21-11-2-6-17(8-11)14(18)10-3-7-20-9-10/h4-5,10-11H,2-3,6-9H2,1H3. The van der Waals surface area contributed by atoms with E-state index in [2.05, 4.69) is 9.97 Å². The van der Waals surface area contributed by atoms with Crippen molar-refractivity contribution in [2.75, 3.05) is 33.4 Å². The Kier molecular flexibility index (Phi) is 4.19. The summed E-state index contributed by atoms with van der Waals surface area (Å²) >= 11 is 0. The van der Waals surface area contributed by atoms with Crippen molar-refractivity contribution in [2.45, 2.75) is 18.9 Å². The Hall–Kier alpha value is -1.89. The van der Waals surface area contributed by atoms with E-state index < -0.39 is 0 Å². The molecule has 2 atom stereocenters. The Morgan fingerprint density at radius 2 is 2.14 bits per heavy atom. The van der Waals surface area contributed by atoms with Gasteiger partial charge in [0.1, 0.15) is 6.10 Å². The molecule has 3 rings (SSSR count). The summed E-state index contributed by atoms with van der Waals surface area (Å²) < 4.78 is 16.2. The van der Waals surface area contributed by atoms with Gasteiger partial charge in [0, 0.05) is 32.0 Å². The van der Waals surface area contributed by atoms with Crippen LogP contribution < -0.4 is 9.47 Å². The van der Waals surface area contributed by atoms with Crippen molar-refractivity contribution in [3.05, 3.63) is 12.4 Å². The molecule has 2 fully saturated rings. The number of hydrogen-bond donors (Lipinski definition) is 0. The van der Waals surface area contributed by atoms with Crippen LogP contribution in [0.2, 0.25) is 0 Å². The highest BCUT2D eigenvalue weighted by Gasteiger charge is 2.34. The average molecular weight is 293 g/mol. The van der Waals surface area contributed by atoms with Gasteiger partial charge in [-0.15, -0.1) is 0 Å². The highest BCUT2D eigenvalue weighted by molar-refractivity contribution is 5.79. The van der Waals surface area contributed by atoms with Crippen molar-refractivity contribution in [1.29, 1.82) is 0 Å². The number of aromatic nitrogens is 2. The van der Waals surface area contributed by atoms with E-state index in [9.17, 15) is 4.79 Å². The molecule has 114 valence electrons. The van der Waals surface area contributed by atoms with E-state index in [-0.39, 0.29) is 17.9 Å². The van der Waals surface area contributed by atoms with Crippen molar-refractivity contribution >= 4 is 5.91 Å². The third kappa shape index (κ3) is 3.07. The molecule has 0 aromatic carbocycles. The van der Waals surface area contributed by atoms with Gasteiger partial charge >= 0.3 is 0 Å². The second kappa shape index (κ2) is 6.26. The number of rotatable bonds is 4. The molecule has 1 aromatic rings. The Labute approximate surface area is 123 Å². The summed E-state index contributed by atoms with van der Waals surface area (Å²) in [5.74, 6) is 0.925. The smallest absolute Gasteiger partial charge is 0.278 e. The van der Waals surface area contributed by atoms with Crippen LogP contribution in [0.15, 0.2) is 12.4 Å². The molecule has 0 spiro atoms. The van der Waals surface area contributed by atoms with Crippen LogP contribution in [0.25, 0.3) is 0 Å². The van der Waals surface area contributed by atoms with E-state index in [1.807, 2.05) is 4.90 Å². The summed E-state index contributed by atoms with van der Waals surface area (Å²) in [6.07, 6.45) is 4.65. The maximum atomic E-state index is 12.3. The zero-order chi connectivity index (χ0) is 14.7. The van der Waals surface area contributed by atoms with E-state index in [0.717, 1.165) is 12.8 Å². The first-order valence-corrected chi connectivity index (χ1v) is 7.16. The van der Waals surface area contributed by atoms with Gasteiger partial charge < -0.3 is 19.1 Å². The number of nitrogens with zero attached hydrogens (tertiary/aromatic N) is 3. The number of methoxy groups -OCH3 is 1. The van der Waals surface area contributed by atoms with Gasteiger partial charge in [-0.25, -0.2) is 9.97 Å². The monoisotopic (exact) mass is 293 g/mol. The number of hydrogen-bond acceptors (Lipinski definition) is 6. The predicted octanol–water partition coefficient (Wildman–Crippen LogP) is 0.501. The summed E-state index contributed by atoms with van der Waals surface area (Å²) in [7, 11) is 1.53. The highest BCUT2D eigenvalue weighted by Crippen LogP contribution is 2.25. The molecule has 7 nitrogen and oxygen atoms in total. The van der Waals surface area contributed by atoms with Crippen molar-refractivity contribution in [3.63, 3.8) is 0 Å². The Bertz CT molecular complexity index is 505. The normalized spacial score (nSPS) is 25.1. The number of carbonyl (C=O) groups is 1. The van der Waals surface area contributed by atoms with Crippen molar-refractivity contribution in [1.82, 2.24) is 14.9 Å². The van der Waals surface area contributed by atoms with Crippen LogP contribution in [0.5, 0.6) is 11.8 Å². The van der Waals surface area contributed by atoms with Crippen LogP contribution in [0.4, 0.5) is 0 Å². The van der Waals surface area contributed by atoms with Gasteiger partial charge in [-0.2, -0.15) is 0 Å². The van der Waals surface area contributed by atoms with Gasteiger partial charge in [0.2, 0.25) is 5.91 Å². The molecule has 2 unspecified atom stereocenters. The van der Waals surface area contributed by atoms with E-state index in [0.29, 0.717) is 38.1 Å². The third-order valence-corrected chi connectivity index (χ3v) is 3.84. The van der Waals surface area contributed by atoms with Gasteiger partial charge in [-0.1, -0.05) is 0 Å². The molecule has 7 heteroatoms. The number of amides is 1. The predicted molar refractivity (Wildman–Crippen MR) is 73.1 cm³/mol. The van der Waals surface area contributed by atoms with E-state index in [4.69, 9.17) is 14.2 Å². The molecule has 1 amide bonds. The average Bonchev–Trinajstić information content (AvgIpc) is 3.19. The summed E-state index contributed by atoms with van der Waals surface area (Å²) in [4.78, 5) is 22.3. The molecule has 2 aliphatic heterocycles. The van der Waals surface area contributed by atoms with E-state index >= 15 is 0 Å². The first kappa shape index (κ1) is 14.1. The second-order valence-electron chi connectivity index (χ2n) is 5.24. The van der Waals surface area contributed by atoms with Crippen LogP contribution in [0, 0.1) is 5.92 Å². The lowest BCUT2D eigenvalue weighted by molar-refractivity contribution is -0.134. The zero-order valence-corrected chi connectivity index (χ0v) is 12.0. The van der Waals surface area contributed by atoms with Crippen LogP contribution in [0.1, 0.15) is 12.8 Å². The van der Waals surface area contributed by atoms with Crippen LogP contribution in [-0.4, -0.2) is 60.3 Å². The molecule has 0 radical (unpaired) electrons. The summed E-state index contributed by atoms with van der Waals surface area (Å²) in [6, 6.07) is 0. The first-order valence-electron chi connectivity index (χ1n) is 7.16. The molecule has 2 saturated heterocycles. The van der Waals surface area contributed by atoms with Gasteiger partial charge in [0.05, 0.1) is 26.2 Å². The fourth-order valence-electron chi connectivity index (χ4n) is 2.70. The van der Waals surface area contributed by atoms with Crippen molar-refractivity contribution in [3.8, 4) is 11.8 Å². The molecule has 0 bridgehead atoms. The molecular formula is C14H19N3O4. The fourth-order valence-corrected chi connectivity index (χ4v) is 2.70. The molecule has 1 aromatic heterocycles. The SMILES string of the molecule is COc1nccnc1OC1CCN(C(=O)C2CCOC2)C1. The molecular weight excluding hydrogens is 274 g/mol. The van der Waals surface area contributed by atoms with Crippen LogP contribution >= 0.6 is 0 Å². The topological polar surface area (TPSA) is 73.8 Å². The zero-order valence-electron chi connectivity index (χ0n) is 12.0. The van der Waals surface area contributed by atoms with Crippen molar-refractivity contribution in [2.24, 2.45) is 5.92 Å². The molecule has 0 N–H and O–H groups in total. The maximum Gasteiger partial charge on any atom is 0.278 e. The quantitative estimate of drug-likeness (QED) is 0.805. The Balaban J connectivity index is 1.58. The highest BCUT2D eigenvalue weighted by atomic mass is 16.5. The fraction of sp³-hybridized carbons (Fsp3) is 0.643. The summed E-state index contributed by atoms with van der Waals surface area (Å²) in [5, 5.41) is 0. The third-order valence-electron chi connectivity index (χ3n) is 3.84. The minimum Gasteiger partial charge on any atom is -0.477 e. The minimum atomic E-state index is -0.0677. The Morgan fingerprint density at radius 3 is 2.86 bits per heavy atom. The van der Waals surface area contributed by atoms with Gasteiger partial charge in [-0.3, -0.25) is 4.79 Å². The molecule has 2 aliphatic rings. The Morgan fingerprint density at radius 1 is 1.33 bits per heavy atom. The largest absolute Gasteiger partial charge is 0.477 e. The molecule has 21 heavy (non-hydrogen) atoms. The van der Waals surface area contributed by atoms with E-state index in [1.165, 1.54) is 7.11 Å². The minimum absolute atomic E-state index is 0.00908. The number of carbonyl (C=O) groups excluding carboxylic acids is 1. The van der Waals surface area contributed by atoms with Crippen LogP contribution in [0.3, 0.4) is 0 Å². The van der Waals surface area contributed by atoms with Gasteiger partial charge in [0.25, 0.3) is 11.8 Å². The molecule has 3 heterocycles. The van der Waals surface area contributed by atoms with Crippen LogP contribution in [-0.2, 0) is 9.53 Å². The first-order chi connectivity index (χ1) is 10.3. The summed E-state index contributed by atoms with van der Waals surface area (Å²) in [5.41, 5.74) is 0. The lowest BCUT2D eigenvalue weighted by Crippen LogP contribution is -2.36. The summed E-state index contributed by atoms with van der Waals surface area (Å²) in [6.45, 7) is 2.51. The second-order valence-corrected chi connectivity index (χ2v) is 5.24. The lowest BCUT2D eigenvalue weighted by atomic mass is 10.1. The molecule has 0 aliphatic carbocycles. The number of likely N-dealkylation sites (tertiary alicyclic amines) is 1. The van der Waals surface area contributed by atoms with Gasteiger partial charge in [0.15, 0.2) is 0 Å². The van der Waals surface area contributed by atoms with Gasteiger partial charge in [-0.05, 0) is 6.42 Å². The van der Waals surface area contributed by atoms with Crippen molar-refractivity contribution < 1.29 is 19.0 Å². The molecule has 0 saturated carbocycles. The maximum absolute atomic E-state index is 12.3. The van der Waals surface area contributed by atoms with E-state index in [1.54, 1.807) is 12.4 Å². The number of ether oxygens (including phenoxy) is 3. The lowest BCUT2D eigenvalue weighted by Gasteiger charge is -2.20.